The molecule has 2 rings (SSSR count). The predicted molar refractivity (Wildman–Crippen MR) is 88.3 cm³/mol. The van der Waals surface area contributed by atoms with Crippen molar-refractivity contribution in [2.24, 2.45) is 5.92 Å². The Bertz CT molecular complexity index is 467. The van der Waals surface area contributed by atoms with Crippen LogP contribution in [0.25, 0.3) is 0 Å². The quantitative estimate of drug-likeness (QED) is 0.890. The summed E-state index contributed by atoms with van der Waals surface area (Å²) >= 11 is 12.3. The van der Waals surface area contributed by atoms with Crippen molar-refractivity contribution >= 4 is 29.1 Å². The summed E-state index contributed by atoms with van der Waals surface area (Å²) in [4.78, 5) is 14.7. The lowest BCUT2D eigenvalue weighted by Gasteiger charge is -2.30. The molecule has 0 aromatic heterocycles. The van der Waals surface area contributed by atoms with E-state index in [4.69, 9.17) is 23.2 Å². The minimum atomic E-state index is -0.0574. The zero-order valence-corrected chi connectivity index (χ0v) is 13.9. The van der Waals surface area contributed by atoms with Gasteiger partial charge in [-0.05, 0) is 50.4 Å². The van der Waals surface area contributed by atoms with Crippen LogP contribution in [0.5, 0.6) is 0 Å². The normalized spacial score (nSPS) is 18.5. The van der Waals surface area contributed by atoms with Crippen molar-refractivity contribution in [3.63, 3.8) is 0 Å². The maximum Gasteiger partial charge on any atom is 0.256 e. The fourth-order valence-corrected chi connectivity index (χ4v) is 3.36. The van der Waals surface area contributed by atoms with Crippen molar-refractivity contribution in [2.75, 3.05) is 26.2 Å². The maximum absolute atomic E-state index is 12.8. The smallest absolute Gasteiger partial charge is 0.256 e. The van der Waals surface area contributed by atoms with Gasteiger partial charge >= 0.3 is 0 Å². The molecule has 1 aromatic carbocycles. The van der Waals surface area contributed by atoms with Crippen LogP contribution in [0.4, 0.5) is 0 Å². The van der Waals surface area contributed by atoms with Crippen LogP contribution in [-0.4, -0.2) is 37.0 Å². The van der Waals surface area contributed by atoms with Gasteiger partial charge in [-0.25, -0.2) is 0 Å². The van der Waals surface area contributed by atoms with Crippen LogP contribution in [0, 0.1) is 5.92 Å². The number of halogens is 2. The fraction of sp³-hybridized carbons (Fsp3) is 0.562. The van der Waals surface area contributed by atoms with Crippen LogP contribution >= 0.6 is 23.2 Å². The molecule has 0 bridgehead atoms. The van der Waals surface area contributed by atoms with E-state index in [0.717, 1.165) is 39.0 Å². The van der Waals surface area contributed by atoms with Crippen molar-refractivity contribution in [3.05, 3.63) is 33.8 Å². The van der Waals surface area contributed by atoms with Crippen LogP contribution in [0.1, 0.15) is 36.5 Å². The molecule has 1 atom stereocenters. The number of nitrogens with one attached hydrogen (secondary N) is 1. The molecule has 0 aliphatic carbocycles. The number of nitrogens with zero attached hydrogens (tertiary/aromatic N) is 1. The van der Waals surface area contributed by atoms with Gasteiger partial charge < -0.3 is 10.2 Å². The van der Waals surface area contributed by atoms with Crippen LogP contribution in [-0.2, 0) is 0 Å². The Morgan fingerprint density at radius 1 is 1.38 bits per heavy atom. The molecule has 1 fully saturated rings. The second kappa shape index (κ2) is 8.02. The van der Waals surface area contributed by atoms with Crippen LogP contribution < -0.4 is 5.32 Å². The lowest BCUT2D eigenvalue weighted by Crippen LogP contribution is -2.41. The lowest BCUT2D eigenvalue weighted by molar-refractivity contribution is 0.0719. The van der Waals surface area contributed by atoms with Gasteiger partial charge in [0.2, 0.25) is 0 Å². The van der Waals surface area contributed by atoms with E-state index in [1.807, 2.05) is 4.90 Å². The van der Waals surface area contributed by atoms with E-state index in [1.54, 1.807) is 18.2 Å². The summed E-state index contributed by atoms with van der Waals surface area (Å²) in [7, 11) is 0. The fourth-order valence-electron chi connectivity index (χ4n) is 2.80. The van der Waals surface area contributed by atoms with Crippen molar-refractivity contribution in [1.82, 2.24) is 10.2 Å². The molecule has 0 radical (unpaired) electrons. The molecule has 3 nitrogen and oxygen atoms in total. The second-order valence-corrected chi connectivity index (χ2v) is 6.37. The van der Waals surface area contributed by atoms with E-state index in [9.17, 15) is 4.79 Å². The van der Waals surface area contributed by atoms with Gasteiger partial charge in [-0.15, -0.1) is 0 Å². The Balaban J connectivity index is 2.14. The van der Waals surface area contributed by atoms with Crippen molar-refractivity contribution in [2.45, 2.75) is 26.2 Å². The van der Waals surface area contributed by atoms with Gasteiger partial charge in [0, 0.05) is 13.1 Å². The Morgan fingerprint density at radius 3 is 2.67 bits per heavy atom. The average Bonchev–Trinajstić information content (AvgIpc) is 2.47. The summed E-state index contributed by atoms with van der Waals surface area (Å²) < 4.78 is 0. The Kier molecular flexibility index (Phi) is 6.34. The molecule has 1 saturated heterocycles. The Hall–Kier alpha value is -0.770. The first-order chi connectivity index (χ1) is 10.1. The van der Waals surface area contributed by atoms with Crippen molar-refractivity contribution in [1.29, 1.82) is 0 Å². The van der Waals surface area contributed by atoms with E-state index in [2.05, 4.69) is 12.2 Å². The van der Waals surface area contributed by atoms with Gasteiger partial charge in [-0.3, -0.25) is 4.79 Å². The van der Waals surface area contributed by atoms with E-state index in [-0.39, 0.29) is 5.91 Å². The first kappa shape index (κ1) is 16.6. The number of hydrogen-bond donors (Lipinski definition) is 1. The highest BCUT2D eigenvalue weighted by molar-refractivity contribution is 6.39. The molecule has 0 spiro atoms. The number of rotatable bonds is 5. The second-order valence-electron chi connectivity index (χ2n) is 5.56. The summed E-state index contributed by atoms with van der Waals surface area (Å²) in [5.41, 5.74) is 0.429. The van der Waals surface area contributed by atoms with Crippen LogP contribution in [0.3, 0.4) is 0 Å². The van der Waals surface area contributed by atoms with Gasteiger partial charge in [-0.2, -0.15) is 0 Å². The summed E-state index contributed by atoms with van der Waals surface area (Å²) in [6.45, 7) is 5.63. The predicted octanol–water partition coefficient (Wildman–Crippen LogP) is 3.85. The number of hydrogen-bond acceptors (Lipinski definition) is 2. The summed E-state index contributed by atoms with van der Waals surface area (Å²) in [6, 6.07) is 5.19. The Labute approximate surface area is 136 Å². The van der Waals surface area contributed by atoms with Crippen molar-refractivity contribution in [3.8, 4) is 0 Å². The number of carbonyl (C=O) groups excluding carboxylic acids is 1. The zero-order valence-electron chi connectivity index (χ0n) is 12.4. The highest BCUT2D eigenvalue weighted by Crippen LogP contribution is 2.26. The van der Waals surface area contributed by atoms with E-state index in [1.165, 1.54) is 6.42 Å². The van der Waals surface area contributed by atoms with E-state index in [0.29, 0.717) is 21.5 Å². The number of amides is 1. The minimum absolute atomic E-state index is 0.0574. The van der Waals surface area contributed by atoms with Crippen molar-refractivity contribution < 1.29 is 4.79 Å². The van der Waals surface area contributed by atoms with Gasteiger partial charge in [0.25, 0.3) is 5.91 Å². The summed E-state index contributed by atoms with van der Waals surface area (Å²) in [5, 5.41) is 4.25. The van der Waals surface area contributed by atoms with Gasteiger partial charge in [0.15, 0.2) is 0 Å². The summed E-state index contributed by atoms with van der Waals surface area (Å²) in [5.74, 6) is 0.452. The van der Waals surface area contributed by atoms with E-state index < -0.39 is 0 Å². The molecule has 1 aromatic rings. The highest BCUT2D eigenvalue weighted by Gasteiger charge is 2.24. The SMILES string of the molecule is CCCN(CC1CCCNC1)C(=O)c1c(Cl)cccc1Cl. The van der Waals surface area contributed by atoms with Crippen LogP contribution in [0.15, 0.2) is 18.2 Å². The molecule has 1 heterocycles. The monoisotopic (exact) mass is 328 g/mol. The number of benzene rings is 1. The molecule has 0 saturated carbocycles. The topological polar surface area (TPSA) is 32.3 Å². The minimum Gasteiger partial charge on any atom is -0.338 e. The molecule has 1 amide bonds. The maximum atomic E-state index is 12.8. The zero-order chi connectivity index (χ0) is 15.2. The van der Waals surface area contributed by atoms with E-state index >= 15 is 0 Å². The number of carbonyl (C=O) groups is 1. The number of piperidine rings is 1. The molecule has 21 heavy (non-hydrogen) atoms. The summed E-state index contributed by atoms with van der Waals surface area (Å²) in [6.07, 6.45) is 3.26. The van der Waals surface area contributed by atoms with Gasteiger partial charge in [0.05, 0.1) is 15.6 Å². The molecule has 1 aliphatic heterocycles. The van der Waals surface area contributed by atoms with Crippen LogP contribution in [0.2, 0.25) is 10.0 Å². The first-order valence-corrected chi connectivity index (χ1v) is 8.33. The largest absolute Gasteiger partial charge is 0.338 e. The third kappa shape index (κ3) is 4.35. The highest BCUT2D eigenvalue weighted by atomic mass is 35.5. The molecule has 1 unspecified atom stereocenters. The molecule has 1 N–H and O–H groups in total. The Morgan fingerprint density at radius 2 is 2.10 bits per heavy atom. The third-order valence-electron chi connectivity index (χ3n) is 3.83. The molecular formula is C16H22Cl2N2O. The standard InChI is InChI=1S/C16H22Cl2N2O/c1-2-9-20(11-12-5-4-8-19-10-12)16(21)15-13(17)6-3-7-14(15)18/h3,6-7,12,19H,2,4-5,8-11H2,1H3. The first-order valence-electron chi connectivity index (χ1n) is 7.57. The average molecular weight is 329 g/mol. The molecule has 1 aliphatic rings. The third-order valence-corrected chi connectivity index (χ3v) is 4.46. The molecular weight excluding hydrogens is 307 g/mol. The van der Waals surface area contributed by atoms with Gasteiger partial charge in [0.1, 0.15) is 0 Å². The molecule has 5 heteroatoms. The lowest BCUT2D eigenvalue weighted by atomic mass is 9.98. The van der Waals surface area contributed by atoms with Gasteiger partial charge in [-0.1, -0.05) is 36.2 Å². The molecule has 116 valence electrons.